The van der Waals surface area contributed by atoms with Crippen LogP contribution in [0.1, 0.15) is 11.1 Å². The molecule has 0 bridgehead atoms. The molecule has 1 aliphatic heterocycles. The Bertz CT molecular complexity index is 992. The highest BCUT2D eigenvalue weighted by Crippen LogP contribution is 2.35. The molecule has 0 aromatic heterocycles. The van der Waals surface area contributed by atoms with E-state index in [-0.39, 0.29) is 17.7 Å². The summed E-state index contributed by atoms with van der Waals surface area (Å²) in [6.07, 6.45) is 6.93. The van der Waals surface area contributed by atoms with Gasteiger partial charge in [-0.3, -0.25) is 14.5 Å². The molecule has 2 aromatic carbocycles. The molecule has 0 N–H and O–H groups in total. The second kappa shape index (κ2) is 9.65. The Morgan fingerprint density at radius 3 is 2.43 bits per heavy atom. The fourth-order valence-electron chi connectivity index (χ4n) is 2.42. The van der Waals surface area contributed by atoms with Gasteiger partial charge in [0.05, 0.1) is 18.6 Å². The maximum absolute atomic E-state index is 12.3. The fraction of sp³-hybridized carbons (Fsp3) is 0.100. The van der Waals surface area contributed by atoms with Gasteiger partial charge < -0.3 is 4.74 Å². The zero-order valence-electron chi connectivity index (χ0n) is 14.2. The summed E-state index contributed by atoms with van der Waals surface area (Å²) < 4.78 is 8.88. The molecule has 0 unspecified atom stereocenters. The highest BCUT2D eigenvalue weighted by molar-refractivity contribution is 14.1. The lowest BCUT2D eigenvalue weighted by Crippen LogP contribution is -2.28. The van der Waals surface area contributed by atoms with Crippen molar-refractivity contribution in [1.29, 1.82) is 0 Å². The van der Waals surface area contributed by atoms with Gasteiger partial charge in [0, 0.05) is 4.47 Å². The van der Waals surface area contributed by atoms with Crippen LogP contribution >= 0.6 is 72.9 Å². The average Bonchev–Trinajstić information content (AvgIpc) is 2.90. The molecular weight excluding hydrogens is 668 g/mol. The number of halogens is 3. The van der Waals surface area contributed by atoms with Crippen molar-refractivity contribution in [3.63, 3.8) is 0 Å². The van der Waals surface area contributed by atoms with Gasteiger partial charge in [0.25, 0.3) is 11.1 Å². The number of carbonyl (C=O) groups excluding carboxylic acids is 2. The second-order valence-electron chi connectivity index (χ2n) is 5.70. The number of imide groups is 1. The maximum atomic E-state index is 12.3. The third-order valence-electron chi connectivity index (χ3n) is 3.74. The first-order valence-electron chi connectivity index (χ1n) is 7.94. The molecule has 3 rings (SSSR count). The number of rotatable bonds is 5. The lowest BCUT2D eigenvalue weighted by atomic mass is 10.2. The molecule has 0 spiro atoms. The van der Waals surface area contributed by atoms with Crippen LogP contribution in [0.3, 0.4) is 0 Å². The van der Waals surface area contributed by atoms with E-state index < -0.39 is 0 Å². The molecule has 28 heavy (non-hydrogen) atoms. The molecule has 1 saturated heterocycles. The highest BCUT2D eigenvalue weighted by Gasteiger charge is 2.34. The predicted molar refractivity (Wildman–Crippen MR) is 132 cm³/mol. The quantitative estimate of drug-likeness (QED) is 0.224. The summed E-state index contributed by atoms with van der Waals surface area (Å²) in [4.78, 5) is 25.7. The van der Waals surface area contributed by atoms with Gasteiger partial charge in [-0.15, -0.1) is 6.42 Å². The number of carbonyl (C=O) groups is 2. The molecule has 4 nitrogen and oxygen atoms in total. The highest BCUT2D eigenvalue weighted by atomic mass is 127. The van der Waals surface area contributed by atoms with E-state index in [0.29, 0.717) is 11.5 Å². The summed E-state index contributed by atoms with van der Waals surface area (Å²) in [5.74, 6) is 2.77. The average molecular weight is 680 g/mol. The van der Waals surface area contributed by atoms with E-state index >= 15 is 0 Å². The Hall–Kier alpha value is -1.03. The molecule has 0 saturated carbocycles. The Kier molecular flexibility index (Phi) is 7.47. The van der Waals surface area contributed by atoms with Crippen molar-refractivity contribution in [3.05, 3.63) is 64.0 Å². The van der Waals surface area contributed by atoms with Crippen LogP contribution in [0.5, 0.6) is 5.75 Å². The molecule has 0 aliphatic carbocycles. The largest absolute Gasteiger partial charge is 0.487 e. The minimum absolute atomic E-state index is 0.0140. The van der Waals surface area contributed by atoms with Gasteiger partial charge in [-0.05, 0) is 98.4 Å². The molecule has 8 heteroatoms. The minimum Gasteiger partial charge on any atom is -0.487 e. The van der Waals surface area contributed by atoms with Gasteiger partial charge in [-0.2, -0.15) is 0 Å². The molecule has 2 aromatic rings. The Morgan fingerprint density at radius 1 is 1.18 bits per heavy atom. The summed E-state index contributed by atoms with van der Waals surface area (Å²) in [5, 5.41) is -0.340. The van der Waals surface area contributed by atoms with E-state index in [4.69, 9.17) is 11.2 Å². The van der Waals surface area contributed by atoms with E-state index in [1.165, 1.54) is 0 Å². The number of benzene rings is 2. The Morgan fingerprint density at radius 2 is 1.82 bits per heavy atom. The van der Waals surface area contributed by atoms with Crippen molar-refractivity contribution in [2.45, 2.75) is 6.61 Å². The van der Waals surface area contributed by atoms with Crippen LogP contribution < -0.4 is 4.74 Å². The van der Waals surface area contributed by atoms with Crippen LogP contribution in [-0.2, 0) is 11.4 Å². The molecule has 1 aliphatic rings. The van der Waals surface area contributed by atoms with Crippen LogP contribution in [0.15, 0.2) is 45.8 Å². The van der Waals surface area contributed by atoms with Crippen molar-refractivity contribution < 1.29 is 14.3 Å². The maximum Gasteiger partial charge on any atom is 0.294 e. The SMILES string of the molecule is C#CCN1C(=O)SC(=Cc2cc(I)c(OCc3ccc(Br)cc3)c(I)c2)C1=O. The van der Waals surface area contributed by atoms with Crippen molar-refractivity contribution in [2.24, 2.45) is 0 Å². The van der Waals surface area contributed by atoms with Crippen LogP contribution in [0.4, 0.5) is 4.79 Å². The fourth-order valence-corrected chi connectivity index (χ4v) is 5.65. The van der Waals surface area contributed by atoms with E-state index in [1.807, 2.05) is 36.4 Å². The predicted octanol–water partition coefficient (Wildman–Crippen LogP) is 5.91. The van der Waals surface area contributed by atoms with Crippen LogP contribution in [0.2, 0.25) is 0 Å². The molecule has 1 heterocycles. The summed E-state index contributed by atoms with van der Waals surface area (Å²) >= 11 is 8.75. The molecule has 142 valence electrons. The van der Waals surface area contributed by atoms with Crippen molar-refractivity contribution in [3.8, 4) is 18.1 Å². The molecule has 2 amide bonds. The third kappa shape index (κ3) is 5.11. The number of thioether (sulfide) groups is 1. The van der Waals surface area contributed by atoms with E-state index in [0.717, 1.165) is 45.2 Å². The molecule has 1 fully saturated rings. The van der Waals surface area contributed by atoms with Crippen molar-refractivity contribution >= 4 is 90.1 Å². The summed E-state index contributed by atoms with van der Waals surface area (Å²) in [5.41, 5.74) is 1.90. The Labute approximate surface area is 202 Å². The first-order valence-corrected chi connectivity index (χ1v) is 11.7. The topological polar surface area (TPSA) is 46.6 Å². The van der Waals surface area contributed by atoms with Gasteiger partial charge in [-0.25, -0.2) is 0 Å². The first kappa shape index (κ1) is 21.7. The lowest BCUT2D eigenvalue weighted by Gasteiger charge is -2.12. The molecular formula is C20H12BrI2NO3S. The van der Waals surface area contributed by atoms with Crippen LogP contribution in [-0.4, -0.2) is 22.6 Å². The second-order valence-corrected chi connectivity index (χ2v) is 9.93. The number of nitrogens with zero attached hydrogens (tertiary/aromatic N) is 1. The smallest absolute Gasteiger partial charge is 0.294 e. The van der Waals surface area contributed by atoms with Crippen molar-refractivity contribution in [1.82, 2.24) is 4.90 Å². The molecule has 0 atom stereocenters. The van der Waals surface area contributed by atoms with Crippen molar-refractivity contribution in [2.75, 3.05) is 6.54 Å². The van der Waals surface area contributed by atoms with E-state index in [1.54, 1.807) is 6.08 Å². The standard InChI is InChI=1S/C20H12BrI2NO3S/c1-2-7-24-19(25)17(28-20(24)26)10-13-8-15(22)18(16(23)9-13)27-11-12-3-5-14(21)6-4-12/h1,3-6,8-10H,7,11H2. The zero-order chi connectivity index (χ0) is 20.3. The summed E-state index contributed by atoms with van der Waals surface area (Å²) in [6, 6.07) is 11.8. The summed E-state index contributed by atoms with van der Waals surface area (Å²) in [6.45, 7) is 0.448. The van der Waals surface area contributed by atoms with Gasteiger partial charge in [0.15, 0.2) is 0 Å². The normalized spacial score (nSPS) is 15.2. The van der Waals surface area contributed by atoms with Crippen LogP contribution in [0, 0.1) is 19.5 Å². The molecule has 0 radical (unpaired) electrons. The monoisotopic (exact) mass is 679 g/mol. The van der Waals surface area contributed by atoms with E-state index in [2.05, 4.69) is 67.0 Å². The number of ether oxygens (including phenoxy) is 1. The van der Waals surface area contributed by atoms with Gasteiger partial charge in [0.1, 0.15) is 12.4 Å². The number of terminal acetylenes is 1. The number of amides is 2. The van der Waals surface area contributed by atoms with Gasteiger partial charge in [-0.1, -0.05) is 34.0 Å². The third-order valence-corrected chi connectivity index (χ3v) is 6.78. The zero-order valence-corrected chi connectivity index (χ0v) is 21.0. The Balaban J connectivity index is 1.78. The number of hydrogen-bond donors (Lipinski definition) is 0. The van der Waals surface area contributed by atoms with Gasteiger partial charge >= 0.3 is 0 Å². The minimum atomic E-state index is -0.353. The lowest BCUT2D eigenvalue weighted by molar-refractivity contribution is -0.122. The van der Waals surface area contributed by atoms with E-state index in [9.17, 15) is 9.59 Å². The van der Waals surface area contributed by atoms with Gasteiger partial charge in [0.2, 0.25) is 0 Å². The summed E-state index contributed by atoms with van der Waals surface area (Å²) in [7, 11) is 0. The van der Waals surface area contributed by atoms with Crippen LogP contribution in [0.25, 0.3) is 6.08 Å². The number of hydrogen-bond acceptors (Lipinski definition) is 4. The first-order chi connectivity index (χ1) is 13.4.